The summed E-state index contributed by atoms with van der Waals surface area (Å²) in [4.78, 5) is 19.8. The molecule has 1 unspecified atom stereocenters. The highest BCUT2D eigenvalue weighted by atomic mass is 16.7. The summed E-state index contributed by atoms with van der Waals surface area (Å²) in [5.41, 5.74) is 2.32. The topological polar surface area (TPSA) is 51.7 Å². The minimum absolute atomic E-state index is 0.0124. The number of rotatable bonds is 8. The zero-order valence-corrected chi connectivity index (χ0v) is 17.0. The van der Waals surface area contributed by atoms with Gasteiger partial charge in [0.2, 0.25) is 0 Å². The molecule has 2 saturated heterocycles. The van der Waals surface area contributed by atoms with Gasteiger partial charge in [0, 0.05) is 29.4 Å². The number of pyridine rings is 1. The number of aromatic nitrogens is 1. The molecular formula is C24H30N2O3. The van der Waals surface area contributed by atoms with E-state index in [0.717, 1.165) is 56.7 Å². The lowest BCUT2D eigenvalue weighted by molar-refractivity contribution is -0.105. The Hall–Kier alpha value is -2.24. The van der Waals surface area contributed by atoms with Crippen molar-refractivity contribution in [2.45, 2.75) is 51.2 Å². The third-order valence-electron chi connectivity index (χ3n) is 5.71. The quantitative estimate of drug-likeness (QED) is 0.627. The van der Waals surface area contributed by atoms with Gasteiger partial charge < -0.3 is 14.4 Å². The van der Waals surface area contributed by atoms with Crippen molar-refractivity contribution in [3.63, 3.8) is 0 Å². The Morgan fingerprint density at radius 1 is 1.03 bits per heavy atom. The Balaban J connectivity index is 1.29. The van der Waals surface area contributed by atoms with Gasteiger partial charge in [-0.05, 0) is 94.6 Å². The predicted octanol–water partition coefficient (Wildman–Crippen LogP) is 4.25. The lowest BCUT2D eigenvalue weighted by atomic mass is 10.0. The van der Waals surface area contributed by atoms with Crippen LogP contribution in [-0.2, 0) is 11.2 Å². The number of carbonyl (C=O) groups excluding carboxylic acids is 1. The molecule has 0 saturated carbocycles. The second-order valence-corrected chi connectivity index (χ2v) is 7.96. The van der Waals surface area contributed by atoms with E-state index in [1.165, 1.54) is 25.9 Å². The third kappa shape index (κ3) is 5.64. The summed E-state index contributed by atoms with van der Waals surface area (Å²) in [6.07, 6.45) is 9.40. The van der Waals surface area contributed by atoms with Crippen LogP contribution in [0.4, 0.5) is 0 Å². The molecule has 1 aromatic heterocycles. The van der Waals surface area contributed by atoms with Crippen LogP contribution in [0.3, 0.4) is 0 Å². The van der Waals surface area contributed by atoms with Gasteiger partial charge in [-0.15, -0.1) is 0 Å². The predicted molar refractivity (Wildman–Crippen MR) is 112 cm³/mol. The van der Waals surface area contributed by atoms with Crippen molar-refractivity contribution in [1.82, 2.24) is 9.88 Å². The van der Waals surface area contributed by atoms with Gasteiger partial charge in [-0.2, -0.15) is 0 Å². The second kappa shape index (κ2) is 9.99. The van der Waals surface area contributed by atoms with E-state index >= 15 is 0 Å². The van der Waals surface area contributed by atoms with Crippen molar-refractivity contribution in [1.29, 1.82) is 0 Å². The molecule has 0 radical (unpaired) electrons. The van der Waals surface area contributed by atoms with Crippen LogP contribution in [0.15, 0.2) is 42.6 Å². The van der Waals surface area contributed by atoms with Crippen LogP contribution in [0.2, 0.25) is 0 Å². The summed E-state index contributed by atoms with van der Waals surface area (Å²) < 4.78 is 11.4. The number of carbonyl (C=O) groups is 1. The number of aryl methyl sites for hydroxylation is 1. The fraction of sp³-hybridized carbons (Fsp3) is 0.500. The Morgan fingerprint density at radius 2 is 1.83 bits per heavy atom. The molecule has 4 rings (SSSR count). The number of likely N-dealkylation sites (tertiary alicyclic amines) is 1. The van der Waals surface area contributed by atoms with Crippen LogP contribution in [0, 0.1) is 0 Å². The lowest BCUT2D eigenvalue weighted by Gasteiger charge is -2.23. The van der Waals surface area contributed by atoms with Crippen LogP contribution in [-0.4, -0.2) is 48.2 Å². The maximum absolute atomic E-state index is 12.7. The van der Waals surface area contributed by atoms with Gasteiger partial charge in [-0.1, -0.05) is 0 Å². The van der Waals surface area contributed by atoms with Gasteiger partial charge in [0.1, 0.15) is 5.75 Å². The van der Waals surface area contributed by atoms with Gasteiger partial charge in [0.15, 0.2) is 12.1 Å². The molecule has 29 heavy (non-hydrogen) atoms. The standard InChI is InChI=1S/C24H30N2O3/c27-24(19-9-12-22(13-10-19)29-23-7-1-4-17-28-23)20-8-11-21(25-18-20)6-5-16-26-14-2-3-15-26/h8-13,18,23H,1-7,14-17H2. The molecule has 2 aromatic rings. The third-order valence-corrected chi connectivity index (χ3v) is 5.71. The lowest BCUT2D eigenvalue weighted by Crippen LogP contribution is -2.24. The van der Waals surface area contributed by atoms with Crippen LogP contribution < -0.4 is 4.74 Å². The first-order valence-electron chi connectivity index (χ1n) is 10.9. The van der Waals surface area contributed by atoms with E-state index in [1.54, 1.807) is 6.20 Å². The molecule has 5 nitrogen and oxygen atoms in total. The number of hydrogen-bond acceptors (Lipinski definition) is 5. The molecule has 154 valence electrons. The van der Waals surface area contributed by atoms with E-state index in [4.69, 9.17) is 9.47 Å². The van der Waals surface area contributed by atoms with Crippen LogP contribution in [0.5, 0.6) is 5.75 Å². The van der Waals surface area contributed by atoms with E-state index in [0.29, 0.717) is 11.1 Å². The largest absolute Gasteiger partial charge is 0.465 e. The molecule has 0 spiro atoms. The first-order valence-corrected chi connectivity index (χ1v) is 10.9. The number of ether oxygens (including phenoxy) is 2. The monoisotopic (exact) mass is 394 g/mol. The Kier molecular flexibility index (Phi) is 6.91. The molecule has 2 aliphatic heterocycles. The molecule has 3 heterocycles. The molecule has 2 aliphatic rings. The maximum atomic E-state index is 12.7. The summed E-state index contributed by atoms with van der Waals surface area (Å²) in [6.45, 7) is 4.36. The molecule has 2 fully saturated rings. The molecule has 1 aromatic carbocycles. The smallest absolute Gasteiger partial charge is 0.199 e. The zero-order valence-electron chi connectivity index (χ0n) is 17.0. The van der Waals surface area contributed by atoms with Gasteiger partial charge in [-0.3, -0.25) is 9.78 Å². The van der Waals surface area contributed by atoms with E-state index in [9.17, 15) is 4.79 Å². The van der Waals surface area contributed by atoms with Crippen molar-refractivity contribution in [3.8, 4) is 5.75 Å². The fourth-order valence-electron chi connectivity index (χ4n) is 4.00. The molecule has 0 bridgehead atoms. The Labute approximate surface area is 173 Å². The first kappa shape index (κ1) is 20.0. The van der Waals surface area contributed by atoms with Gasteiger partial charge in [0.05, 0.1) is 6.61 Å². The SMILES string of the molecule is O=C(c1ccc(OC2CCCCO2)cc1)c1ccc(CCCN2CCCC2)nc1. The second-order valence-electron chi connectivity index (χ2n) is 7.96. The summed E-state index contributed by atoms with van der Waals surface area (Å²) in [5.74, 6) is 0.724. The Morgan fingerprint density at radius 3 is 2.52 bits per heavy atom. The molecule has 0 aliphatic carbocycles. The zero-order chi connectivity index (χ0) is 19.9. The van der Waals surface area contributed by atoms with Crippen LogP contribution in [0.1, 0.15) is 60.1 Å². The summed E-state index contributed by atoms with van der Waals surface area (Å²) >= 11 is 0. The minimum atomic E-state index is -0.174. The van der Waals surface area contributed by atoms with Crippen molar-refractivity contribution < 1.29 is 14.3 Å². The van der Waals surface area contributed by atoms with Crippen LogP contribution >= 0.6 is 0 Å². The highest BCUT2D eigenvalue weighted by Crippen LogP contribution is 2.21. The summed E-state index contributed by atoms with van der Waals surface area (Å²) in [6, 6.07) is 11.2. The Bertz CT molecular complexity index is 777. The first-order chi connectivity index (χ1) is 14.3. The normalized spacial score (nSPS) is 19.9. The number of ketones is 1. The fourth-order valence-corrected chi connectivity index (χ4v) is 4.00. The summed E-state index contributed by atoms with van der Waals surface area (Å²) in [5, 5.41) is 0. The van der Waals surface area contributed by atoms with Crippen molar-refractivity contribution in [2.24, 2.45) is 0 Å². The minimum Gasteiger partial charge on any atom is -0.465 e. The van der Waals surface area contributed by atoms with Gasteiger partial charge in [-0.25, -0.2) is 0 Å². The molecule has 5 heteroatoms. The van der Waals surface area contributed by atoms with E-state index in [1.807, 2.05) is 36.4 Å². The molecule has 1 atom stereocenters. The van der Waals surface area contributed by atoms with E-state index in [-0.39, 0.29) is 12.1 Å². The number of nitrogens with zero attached hydrogens (tertiary/aromatic N) is 2. The van der Waals surface area contributed by atoms with E-state index in [2.05, 4.69) is 9.88 Å². The number of hydrogen-bond donors (Lipinski definition) is 0. The van der Waals surface area contributed by atoms with Gasteiger partial charge in [0.25, 0.3) is 0 Å². The van der Waals surface area contributed by atoms with Crippen molar-refractivity contribution in [3.05, 3.63) is 59.4 Å². The highest BCUT2D eigenvalue weighted by molar-refractivity contribution is 6.08. The average Bonchev–Trinajstić information content (AvgIpc) is 3.29. The maximum Gasteiger partial charge on any atom is 0.199 e. The van der Waals surface area contributed by atoms with E-state index < -0.39 is 0 Å². The number of benzene rings is 1. The van der Waals surface area contributed by atoms with Crippen molar-refractivity contribution >= 4 is 5.78 Å². The highest BCUT2D eigenvalue weighted by Gasteiger charge is 2.16. The summed E-state index contributed by atoms with van der Waals surface area (Å²) in [7, 11) is 0. The molecular weight excluding hydrogens is 364 g/mol. The molecule has 0 N–H and O–H groups in total. The molecule has 0 amide bonds. The van der Waals surface area contributed by atoms with Gasteiger partial charge >= 0.3 is 0 Å². The average molecular weight is 395 g/mol. The van der Waals surface area contributed by atoms with Crippen molar-refractivity contribution in [2.75, 3.05) is 26.2 Å². The van der Waals surface area contributed by atoms with Crippen LogP contribution in [0.25, 0.3) is 0 Å².